The summed E-state index contributed by atoms with van der Waals surface area (Å²) in [6, 6.07) is 9.61. The van der Waals surface area contributed by atoms with Gasteiger partial charge >= 0.3 is 12.4 Å². The molecule has 2 aromatic carbocycles. The fourth-order valence-electron chi connectivity index (χ4n) is 5.14. The Balaban J connectivity index is 1.49. The predicted octanol–water partition coefficient (Wildman–Crippen LogP) is 5.13. The zero-order valence-electron chi connectivity index (χ0n) is 21.0. The summed E-state index contributed by atoms with van der Waals surface area (Å²) >= 11 is 0. The Hall–Kier alpha value is -3.87. The summed E-state index contributed by atoms with van der Waals surface area (Å²) in [7, 11) is 0. The monoisotopic (exact) mass is 567 g/mol. The lowest BCUT2D eigenvalue weighted by Crippen LogP contribution is -2.49. The van der Waals surface area contributed by atoms with Crippen molar-refractivity contribution in [1.29, 1.82) is 0 Å². The summed E-state index contributed by atoms with van der Waals surface area (Å²) in [6.45, 7) is -0.855. The van der Waals surface area contributed by atoms with Crippen LogP contribution in [0.3, 0.4) is 0 Å². The van der Waals surface area contributed by atoms with Crippen LogP contribution in [0.25, 0.3) is 22.3 Å². The molecule has 1 fully saturated rings. The Morgan fingerprint density at radius 2 is 1.55 bits per heavy atom. The van der Waals surface area contributed by atoms with Gasteiger partial charge in [-0.2, -0.15) is 30.7 Å². The van der Waals surface area contributed by atoms with Crippen molar-refractivity contribution in [3.05, 3.63) is 65.1 Å². The van der Waals surface area contributed by atoms with Gasteiger partial charge in [-0.3, -0.25) is 9.69 Å². The van der Waals surface area contributed by atoms with E-state index in [2.05, 4.69) is 10.3 Å². The van der Waals surface area contributed by atoms with Gasteiger partial charge in [0.1, 0.15) is 5.82 Å². The van der Waals surface area contributed by atoms with Crippen LogP contribution in [-0.4, -0.2) is 61.2 Å². The Morgan fingerprint density at radius 1 is 0.875 bits per heavy atom. The lowest BCUT2D eigenvalue weighted by atomic mass is 9.93. The van der Waals surface area contributed by atoms with Crippen LogP contribution in [0.2, 0.25) is 0 Å². The van der Waals surface area contributed by atoms with Gasteiger partial charge in [0.05, 0.1) is 12.1 Å². The summed E-state index contributed by atoms with van der Waals surface area (Å²) in [6.07, 6.45) is -8.64. The molecule has 0 unspecified atom stereocenters. The minimum absolute atomic E-state index is 0.0310. The third-order valence-corrected chi connectivity index (χ3v) is 7.08. The molecular weight excluding hydrogens is 543 g/mol. The number of carbonyl (C=O) groups is 1. The van der Waals surface area contributed by atoms with Gasteiger partial charge in [0.15, 0.2) is 0 Å². The molecule has 0 aliphatic carbocycles. The molecule has 1 amide bonds. The summed E-state index contributed by atoms with van der Waals surface area (Å²) in [5, 5.41) is 2.74. The van der Waals surface area contributed by atoms with E-state index in [0.29, 0.717) is 29.7 Å². The van der Waals surface area contributed by atoms with Crippen LogP contribution in [0, 0.1) is 5.95 Å². The van der Waals surface area contributed by atoms with Crippen LogP contribution in [0.1, 0.15) is 21.5 Å². The number of hydrogen-bond acceptors (Lipinski definition) is 5. The number of aromatic nitrogens is 1. The molecule has 3 aromatic rings. The number of anilines is 2. The molecule has 212 valence electrons. The van der Waals surface area contributed by atoms with Gasteiger partial charge in [-0.1, -0.05) is 18.2 Å². The highest BCUT2D eigenvalue weighted by Gasteiger charge is 2.37. The van der Waals surface area contributed by atoms with E-state index >= 15 is 0 Å². The fourth-order valence-corrected chi connectivity index (χ4v) is 5.14. The minimum Gasteiger partial charge on any atom is -0.383 e. The number of nitrogen functional groups attached to an aromatic ring is 1. The zero-order chi connectivity index (χ0) is 28.8. The zero-order valence-corrected chi connectivity index (χ0v) is 21.0. The van der Waals surface area contributed by atoms with Crippen molar-refractivity contribution in [3.8, 4) is 22.3 Å². The van der Waals surface area contributed by atoms with Crippen molar-refractivity contribution in [1.82, 2.24) is 15.2 Å². The molecule has 3 heterocycles. The summed E-state index contributed by atoms with van der Waals surface area (Å²) in [4.78, 5) is 18.3. The van der Waals surface area contributed by atoms with Crippen molar-refractivity contribution in [2.45, 2.75) is 18.8 Å². The second-order valence-electron chi connectivity index (χ2n) is 9.75. The second-order valence-corrected chi connectivity index (χ2v) is 9.75. The van der Waals surface area contributed by atoms with Crippen LogP contribution in [0.5, 0.6) is 0 Å². The number of alkyl halides is 6. The number of halogens is 7. The van der Waals surface area contributed by atoms with Gasteiger partial charge in [0, 0.05) is 55.1 Å². The van der Waals surface area contributed by atoms with E-state index in [1.165, 1.54) is 23.1 Å². The number of carbonyl (C=O) groups excluding carboxylic acids is 1. The number of fused-ring (bicyclic) bond motifs is 1. The number of nitrogens with one attached hydrogen (secondary N) is 1. The molecule has 1 aromatic heterocycles. The Bertz CT molecular complexity index is 1450. The molecule has 0 radical (unpaired) electrons. The number of benzene rings is 2. The highest BCUT2D eigenvalue weighted by Crippen LogP contribution is 2.41. The lowest BCUT2D eigenvalue weighted by Gasteiger charge is -2.37. The standard InChI is InChI=1S/C27H24F7N5O/c28-23-19(13-20(24(35)37-23)15-1-3-18-17(11-15)5-6-36-25(18)40)16-2-4-22(21(12-16)27(32,33)34)39-9-7-38(8-10-39)14-26(29,30)31/h1-4,11-13H,5-10,14H2,(H2,35,37)(H,36,40). The molecule has 0 atom stereocenters. The molecule has 0 spiro atoms. The molecule has 0 saturated carbocycles. The average molecular weight is 568 g/mol. The summed E-state index contributed by atoms with van der Waals surface area (Å²) in [5.41, 5.74) is 6.54. The average Bonchev–Trinajstić information content (AvgIpc) is 2.87. The van der Waals surface area contributed by atoms with E-state index in [1.54, 1.807) is 18.2 Å². The quantitative estimate of drug-likeness (QED) is 0.338. The number of amides is 1. The Morgan fingerprint density at radius 3 is 2.23 bits per heavy atom. The van der Waals surface area contributed by atoms with Gasteiger partial charge in [0.2, 0.25) is 5.95 Å². The third-order valence-electron chi connectivity index (χ3n) is 7.08. The third kappa shape index (κ3) is 5.69. The molecule has 40 heavy (non-hydrogen) atoms. The molecule has 5 rings (SSSR count). The van der Waals surface area contributed by atoms with Gasteiger partial charge in [-0.15, -0.1) is 0 Å². The number of rotatable bonds is 4. The lowest BCUT2D eigenvalue weighted by molar-refractivity contribution is -0.146. The van der Waals surface area contributed by atoms with Gasteiger partial charge in [0.25, 0.3) is 5.91 Å². The largest absolute Gasteiger partial charge is 0.418 e. The first-order chi connectivity index (χ1) is 18.8. The van der Waals surface area contributed by atoms with Gasteiger partial charge in [-0.05, 0) is 47.4 Å². The number of nitrogens with zero attached hydrogens (tertiary/aromatic N) is 3. The van der Waals surface area contributed by atoms with Gasteiger partial charge < -0.3 is 16.0 Å². The first kappa shape index (κ1) is 27.7. The van der Waals surface area contributed by atoms with Crippen LogP contribution in [0.15, 0.2) is 42.5 Å². The van der Waals surface area contributed by atoms with Crippen molar-refractivity contribution in [3.63, 3.8) is 0 Å². The number of nitrogens with two attached hydrogens (primary N) is 1. The molecule has 6 nitrogen and oxygen atoms in total. The van der Waals surface area contributed by atoms with Crippen molar-refractivity contribution < 1.29 is 35.5 Å². The highest BCUT2D eigenvalue weighted by molar-refractivity contribution is 5.97. The normalized spacial score (nSPS) is 16.6. The Labute approximate surface area is 224 Å². The molecule has 13 heteroatoms. The van der Waals surface area contributed by atoms with E-state index < -0.39 is 30.4 Å². The molecular formula is C27H24F7N5O. The SMILES string of the molecule is Nc1nc(F)c(-c2ccc(N3CCN(CC(F)(F)F)CC3)c(C(F)(F)F)c2)cc1-c1ccc2c(c1)CCNC2=O. The number of pyridine rings is 1. The molecule has 2 aliphatic rings. The van der Waals surface area contributed by atoms with Crippen molar-refractivity contribution in [2.24, 2.45) is 0 Å². The topological polar surface area (TPSA) is 74.5 Å². The first-order valence-electron chi connectivity index (χ1n) is 12.4. The van der Waals surface area contributed by atoms with Crippen LogP contribution >= 0.6 is 0 Å². The number of hydrogen-bond donors (Lipinski definition) is 2. The van der Waals surface area contributed by atoms with Crippen LogP contribution in [0.4, 0.5) is 42.2 Å². The fraction of sp³-hybridized carbons (Fsp3) is 0.333. The van der Waals surface area contributed by atoms with Gasteiger partial charge in [-0.25, -0.2) is 4.98 Å². The van der Waals surface area contributed by atoms with E-state index in [-0.39, 0.29) is 54.7 Å². The summed E-state index contributed by atoms with van der Waals surface area (Å²) in [5.74, 6) is -1.44. The molecule has 1 saturated heterocycles. The molecule has 2 aliphatic heterocycles. The van der Waals surface area contributed by atoms with Crippen molar-refractivity contribution in [2.75, 3.05) is 49.9 Å². The molecule has 0 bridgehead atoms. The number of piperazine rings is 1. The smallest absolute Gasteiger partial charge is 0.383 e. The van der Waals surface area contributed by atoms with E-state index in [0.717, 1.165) is 16.5 Å². The molecule has 3 N–H and O–H groups in total. The second kappa shape index (κ2) is 10.3. The first-order valence-corrected chi connectivity index (χ1v) is 12.4. The predicted molar refractivity (Wildman–Crippen MR) is 135 cm³/mol. The maximum atomic E-state index is 15.0. The van der Waals surface area contributed by atoms with E-state index in [9.17, 15) is 35.5 Å². The minimum atomic E-state index is -4.81. The highest BCUT2D eigenvalue weighted by atomic mass is 19.4. The van der Waals surface area contributed by atoms with Crippen molar-refractivity contribution >= 4 is 17.4 Å². The van der Waals surface area contributed by atoms with Crippen LogP contribution in [-0.2, 0) is 12.6 Å². The van der Waals surface area contributed by atoms with E-state index in [4.69, 9.17) is 5.73 Å². The van der Waals surface area contributed by atoms with E-state index in [1.807, 2.05) is 0 Å². The summed E-state index contributed by atoms with van der Waals surface area (Å²) < 4.78 is 95.6. The maximum absolute atomic E-state index is 15.0. The maximum Gasteiger partial charge on any atom is 0.418 e. The van der Waals surface area contributed by atoms with Crippen LogP contribution < -0.4 is 16.0 Å². The Kier molecular flexibility index (Phi) is 7.11.